The second-order valence-electron chi connectivity index (χ2n) is 4.40. The summed E-state index contributed by atoms with van der Waals surface area (Å²) in [5.74, 6) is 0.460. The van der Waals surface area contributed by atoms with Gasteiger partial charge in [-0.15, -0.1) is 11.6 Å². The van der Waals surface area contributed by atoms with Gasteiger partial charge < -0.3 is 14.3 Å². The number of aromatic nitrogens is 3. The van der Waals surface area contributed by atoms with Gasteiger partial charge in [-0.1, -0.05) is 11.3 Å². The monoisotopic (exact) mass is 327 g/mol. The van der Waals surface area contributed by atoms with Crippen molar-refractivity contribution in [3.05, 3.63) is 44.5 Å². The maximum atomic E-state index is 13.7. The number of benzene rings is 1. The summed E-state index contributed by atoms with van der Waals surface area (Å²) in [6.07, 6.45) is 0. The fourth-order valence-corrected chi connectivity index (χ4v) is 2.95. The van der Waals surface area contributed by atoms with Crippen molar-refractivity contribution in [2.45, 2.75) is 12.4 Å². The molecule has 0 atom stereocenters. The Kier molecular flexibility index (Phi) is 3.69. The van der Waals surface area contributed by atoms with E-state index in [-0.39, 0.29) is 16.5 Å². The van der Waals surface area contributed by atoms with E-state index in [1.54, 1.807) is 11.4 Å². The first-order chi connectivity index (χ1) is 10.1. The molecule has 1 N–H and O–H groups in total. The van der Waals surface area contributed by atoms with Crippen LogP contribution < -0.4 is 9.61 Å². The van der Waals surface area contributed by atoms with Gasteiger partial charge >= 0.3 is 4.87 Å². The number of halogens is 2. The van der Waals surface area contributed by atoms with Gasteiger partial charge in [0.25, 0.3) is 0 Å². The van der Waals surface area contributed by atoms with Crippen LogP contribution in [0.5, 0.6) is 5.75 Å². The molecular formula is C13H11ClFN3O2S. The first kappa shape index (κ1) is 14.1. The molecule has 0 fully saturated rings. The SMILES string of the molecule is COc1cc2c(cc1F)nc(CCl)n2Cc1csc(=O)[nH]1. The number of hydrogen-bond acceptors (Lipinski definition) is 4. The van der Waals surface area contributed by atoms with Crippen LogP contribution in [0.1, 0.15) is 11.5 Å². The van der Waals surface area contributed by atoms with Crippen molar-refractivity contribution in [3.8, 4) is 5.75 Å². The minimum Gasteiger partial charge on any atom is -0.494 e. The normalized spacial score (nSPS) is 11.2. The highest BCUT2D eigenvalue weighted by atomic mass is 35.5. The van der Waals surface area contributed by atoms with Gasteiger partial charge in [-0.2, -0.15) is 0 Å². The number of imidazole rings is 1. The smallest absolute Gasteiger partial charge is 0.304 e. The third-order valence-electron chi connectivity index (χ3n) is 3.12. The molecule has 0 saturated carbocycles. The van der Waals surface area contributed by atoms with Crippen LogP contribution in [0, 0.1) is 5.82 Å². The van der Waals surface area contributed by atoms with Crippen molar-refractivity contribution < 1.29 is 9.13 Å². The highest BCUT2D eigenvalue weighted by Gasteiger charge is 2.15. The van der Waals surface area contributed by atoms with Crippen LogP contribution in [0.2, 0.25) is 0 Å². The molecule has 0 aliphatic rings. The molecular weight excluding hydrogens is 317 g/mol. The van der Waals surface area contributed by atoms with Crippen molar-refractivity contribution in [2.24, 2.45) is 0 Å². The Bertz CT molecular complexity index is 855. The van der Waals surface area contributed by atoms with Gasteiger partial charge in [-0.3, -0.25) is 4.79 Å². The summed E-state index contributed by atoms with van der Waals surface area (Å²) in [5, 5.41) is 1.74. The number of fused-ring (bicyclic) bond motifs is 1. The molecule has 21 heavy (non-hydrogen) atoms. The van der Waals surface area contributed by atoms with Crippen LogP contribution in [-0.2, 0) is 12.4 Å². The van der Waals surface area contributed by atoms with Gasteiger partial charge in [0.15, 0.2) is 11.6 Å². The third kappa shape index (κ3) is 2.54. The standard InChI is InChI=1S/C13H11ClFN3O2S/c1-20-11-3-10-9(2-8(11)15)17-12(4-14)18(10)5-7-6-21-13(19)16-7/h2-3,6H,4-5H2,1H3,(H,16,19). The Morgan fingerprint density at radius 1 is 1.52 bits per heavy atom. The lowest BCUT2D eigenvalue weighted by Gasteiger charge is -2.07. The molecule has 0 aliphatic heterocycles. The molecule has 2 heterocycles. The molecule has 110 valence electrons. The summed E-state index contributed by atoms with van der Waals surface area (Å²) in [5.41, 5.74) is 1.96. The lowest BCUT2D eigenvalue weighted by Crippen LogP contribution is -2.06. The van der Waals surface area contributed by atoms with Crippen molar-refractivity contribution in [3.63, 3.8) is 0 Å². The van der Waals surface area contributed by atoms with E-state index in [0.717, 1.165) is 17.0 Å². The number of hydrogen-bond donors (Lipinski definition) is 1. The minimum absolute atomic E-state index is 0.120. The fourth-order valence-electron chi connectivity index (χ4n) is 2.17. The molecule has 3 rings (SSSR count). The van der Waals surface area contributed by atoms with Crippen LogP contribution in [0.4, 0.5) is 4.39 Å². The Morgan fingerprint density at radius 2 is 2.33 bits per heavy atom. The average molecular weight is 328 g/mol. The number of nitrogens with one attached hydrogen (secondary N) is 1. The molecule has 0 aliphatic carbocycles. The van der Waals surface area contributed by atoms with Crippen molar-refractivity contribution in [2.75, 3.05) is 7.11 Å². The van der Waals surface area contributed by atoms with Crippen molar-refractivity contribution in [1.82, 2.24) is 14.5 Å². The first-order valence-electron chi connectivity index (χ1n) is 6.07. The zero-order valence-electron chi connectivity index (χ0n) is 11.0. The number of aromatic amines is 1. The number of alkyl halides is 1. The third-order valence-corrected chi connectivity index (χ3v) is 4.08. The van der Waals surface area contributed by atoms with Crippen molar-refractivity contribution in [1.29, 1.82) is 0 Å². The number of ether oxygens (including phenoxy) is 1. The predicted octanol–water partition coefficient (Wildman–Crippen LogP) is 2.72. The molecule has 0 spiro atoms. The largest absolute Gasteiger partial charge is 0.494 e. The van der Waals surface area contributed by atoms with E-state index < -0.39 is 5.82 Å². The van der Waals surface area contributed by atoms with E-state index in [4.69, 9.17) is 16.3 Å². The number of thiazole rings is 1. The summed E-state index contributed by atoms with van der Waals surface area (Å²) < 4.78 is 20.6. The quantitative estimate of drug-likeness (QED) is 0.750. The minimum atomic E-state index is -0.472. The fraction of sp³-hybridized carbons (Fsp3) is 0.231. The summed E-state index contributed by atoms with van der Waals surface area (Å²) >= 11 is 7.00. The van der Waals surface area contributed by atoms with Crippen LogP contribution >= 0.6 is 22.9 Å². The molecule has 1 aromatic carbocycles. The molecule has 0 saturated heterocycles. The van der Waals surface area contributed by atoms with Crippen LogP contribution in [0.25, 0.3) is 11.0 Å². The lowest BCUT2D eigenvalue weighted by atomic mass is 10.3. The van der Waals surface area contributed by atoms with Crippen LogP contribution in [-0.4, -0.2) is 21.6 Å². The van der Waals surface area contributed by atoms with Crippen LogP contribution in [0.3, 0.4) is 0 Å². The average Bonchev–Trinajstić information content (AvgIpc) is 3.02. The molecule has 8 heteroatoms. The molecule has 0 amide bonds. The molecule has 3 aromatic rings. The van der Waals surface area contributed by atoms with Gasteiger partial charge in [-0.05, 0) is 0 Å². The van der Waals surface area contributed by atoms with E-state index in [9.17, 15) is 9.18 Å². The Hall–Kier alpha value is -1.86. The van der Waals surface area contributed by atoms with E-state index in [0.29, 0.717) is 23.4 Å². The number of rotatable bonds is 4. The Balaban J connectivity index is 2.16. The van der Waals surface area contributed by atoms with E-state index in [1.807, 2.05) is 4.57 Å². The maximum Gasteiger partial charge on any atom is 0.304 e. The van der Waals surface area contributed by atoms with Gasteiger partial charge in [0.05, 0.1) is 30.6 Å². The first-order valence-corrected chi connectivity index (χ1v) is 7.49. The number of H-pyrrole nitrogens is 1. The van der Waals surface area contributed by atoms with Gasteiger partial charge in [0, 0.05) is 23.2 Å². The summed E-state index contributed by atoms with van der Waals surface area (Å²) in [6.45, 7) is 0.409. The lowest BCUT2D eigenvalue weighted by molar-refractivity contribution is 0.387. The topological polar surface area (TPSA) is 59.9 Å². The Morgan fingerprint density at radius 3 is 2.95 bits per heavy atom. The van der Waals surface area contributed by atoms with E-state index in [1.165, 1.54) is 13.2 Å². The highest BCUT2D eigenvalue weighted by molar-refractivity contribution is 7.07. The second kappa shape index (κ2) is 5.50. The molecule has 0 unspecified atom stereocenters. The zero-order valence-corrected chi connectivity index (χ0v) is 12.6. The van der Waals surface area contributed by atoms with E-state index >= 15 is 0 Å². The van der Waals surface area contributed by atoms with E-state index in [2.05, 4.69) is 9.97 Å². The van der Waals surface area contributed by atoms with Gasteiger partial charge in [0.1, 0.15) is 5.82 Å². The van der Waals surface area contributed by atoms with Gasteiger partial charge in [-0.25, -0.2) is 9.37 Å². The van der Waals surface area contributed by atoms with Gasteiger partial charge in [0.2, 0.25) is 0 Å². The summed E-state index contributed by atoms with van der Waals surface area (Å²) in [6, 6.07) is 2.90. The predicted molar refractivity (Wildman–Crippen MR) is 79.8 cm³/mol. The number of nitrogens with zero attached hydrogens (tertiary/aromatic N) is 2. The Labute approximate surface area is 128 Å². The summed E-state index contributed by atoms with van der Waals surface area (Å²) in [4.78, 5) is 18.2. The molecule has 5 nitrogen and oxygen atoms in total. The molecule has 0 bridgehead atoms. The number of methoxy groups -OCH3 is 1. The van der Waals surface area contributed by atoms with Crippen molar-refractivity contribution >= 4 is 34.0 Å². The molecule has 0 radical (unpaired) electrons. The second-order valence-corrected chi connectivity index (χ2v) is 5.51. The van der Waals surface area contributed by atoms with Crippen LogP contribution in [0.15, 0.2) is 22.3 Å². The highest BCUT2D eigenvalue weighted by Crippen LogP contribution is 2.26. The maximum absolute atomic E-state index is 13.7. The molecule has 2 aromatic heterocycles. The summed E-state index contributed by atoms with van der Waals surface area (Å²) in [7, 11) is 1.41. The zero-order chi connectivity index (χ0) is 15.0.